The van der Waals surface area contributed by atoms with Crippen molar-refractivity contribution >= 4 is 5.95 Å². The van der Waals surface area contributed by atoms with Gasteiger partial charge >= 0.3 is 6.18 Å². The van der Waals surface area contributed by atoms with Crippen LogP contribution in [0.2, 0.25) is 0 Å². The first-order valence-corrected chi connectivity index (χ1v) is 3.10. The second-order valence-electron chi connectivity index (χ2n) is 2.27. The van der Waals surface area contributed by atoms with Gasteiger partial charge < -0.3 is 5.73 Å². The molecule has 0 radical (unpaired) electrons. The van der Waals surface area contributed by atoms with E-state index < -0.39 is 17.4 Å². The largest absolute Gasteiger partial charge is 0.440 e. The smallest absolute Gasteiger partial charge is 0.368 e. The van der Waals surface area contributed by atoms with Crippen molar-refractivity contribution < 1.29 is 13.2 Å². The minimum atomic E-state index is -4.80. The molecule has 0 aliphatic heterocycles. The van der Waals surface area contributed by atoms with Gasteiger partial charge in [-0.05, 0) is 0 Å². The summed E-state index contributed by atoms with van der Waals surface area (Å²) in [7, 11) is 1.08. The van der Waals surface area contributed by atoms with Crippen LogP contribution >= 0.6 is 0 Å². The molecule has 0 aliphatic carbocycles. The molecule has 72 valence electrons. The van der Waals surface area contributed by atoms with Crippen LogP contribution in [0.5, 0.6) is 0 Å². The first kappa shape index (κ1) is 9.49. The zero-order chi connectivity index (χ0) is 10.2. The number of alkyl halides is 3. The molecule has 1 heterocycles. The summed E-state index contributed by atoms with van der Waals surface area (Å²) in [6.07, 6.45) is -4.80. The lowest BCUT2D eigenvalue weighted by Crippen LogP contribution is -2.31. The standard InChI is InChI=1S/C5H5F3N4O/c1-12-3(13)2(5(6,7)8)10-11-4(12)9/h1H3,(H2,9,11). The number of nitrogens with two attached hydrogens (primary N) is 1. The Morgan fingerprint density at radius 3 is 2.38 bits per heavy atom. The predicted molar refractivity (Wildman–Crippen MR) is 36.7 cm³/mol. The minimum Gasteiger partial charge on any atom is -0.368 e. The van der Waals surface area contributed by atoms with Gasteiger partial charge in [-0.3, -0.25) is 9.36 Å². The maximum absolute atomic E-state index is 12.0. The lowest BCUT2D eigenvalue weighted by atomic mass is 10.4. The van der Waals surface area contributed by atoms with Crippen molar-refractivity contribution in [1.82, 2.24) is 14.8 Å². The van der Waals surface area contributed by atoms with Crippen LogP contribution in [0.25, 0.3) is 0 Å². The molecular formula is C5H5F3N4O. The third-order valence-electron chi connectivity index (χ3n) is 1.37. The summed E-state index contributed by atoms with van der Waals surface area (Å²) in [5.41, 5.74) is 2.18. The molecule has 8 heteroatoms. The fourth-order valence-electron chi connectivity index (χ4n) is 0.652. The predicted octanol–water partition coefficient (Wildman–Crippen LogP) is -0.224. The van der Waals surface area contributed by atoms with Crippen LogP contribution < -0.4 is 11.3 Å². The number of aromatic nitrogens is 3. The monoisotopic (exact) mass is 194 g/mol. The maximum atomic E-state index is 12.0. The first-order chi connectivity index (χ1) is 5.84. The van der Waals surface area contributed by atoms with E-state index in [9.17, 15) is 18.0 Å². The fourth-order valence-corrected chi connectivity index (χ4v) is 0.652. The molecule has 5 nitrogen and oxygen atoms in total. The average Bonchev–Trinajstić information content (AvgIpc) is 1.98. The Labute approximate surface area is 70.0 Å². The van der Waals surface area contributed by atoms with E-state index in [0.29, 0.717) is 4.57 Å². The molecule has 1 aromatic heterocycles. The van der Waals surface area contributed by atoms with Crippen LogP contribution in [0.1, 0.15) is 5.69 Å². The molecule has 0 amide bonds. The van der Waals surface area contributed by atoms with E-state index in [2.05, 4.69) is 10.2 Å². The molecule has 13 heavy (non-hydrogen) atoms. The molecule has 0 aliphatic rings. The van der Waals surface area contributed by atoms with E-state index >= 15 is 0 Å². The Morgan fingerprint density at radius 2 is 1.92 bits per heavy atom. The SMILES string of the molecule is Cn1c(N)nnc(C(F)(F)F)c1=O. The van der Waals surface area contributed by atoms with E-state index in [1.54, 1.807) is 0 Å². The summed E-state index contributed by atoms with van der Waals surface area (Å²) >= 11 is 0. The third-order valence-corrected chi connectivity index (χ3v) is 1.37. The zero-order valence-electron chi connectivity index (χ0n) is 6.46. The molecule has 0 aromatic carbocycles. The molecule has 0 saturated heterocycles. The van der Waals surface area contributed by atoms with Crippen LogP contribution in [0.3, 0.4) is 0 Å². The van der Waals surface area contributed by atoms with Crippen molar-refractivity contribution in [2.24, 2.45) is 7.05 Å². The molecule has 1 aromatic rings. The van der Waals surface area contributed by atoms with Crippen LogP contribution in [-0.4, -0.2) is 14.8 Å². The van der Waals surface area contributed by atoms with Crippen molar-refractivity contribution in [3.63, 3.8) is 0 Å². The first-order valence-electron chi connectivity index (χ1n) is 3.10. The number of hydrogen-bond acceptors (Lipinski definition) is 4. The zero-order valence-corrected chi connectivity index (χ0v) is 6.46. The second-order valence-corrected chi connectivity index (χ2v) is 2.27. The lowest BCUT2D eigenvalue weighted by Gasteiger charge is -2.06. The molecule has 0 fully saturated rings. The maximum Gasteiger partial charge on any atom is 0.440 e. The van der Waals surface area contributed by atoms with Gasteiger partial charge in [0, 0.05) is 7.05 Å². The van der Waals surface area contributed by atoms with Crippen molar-refractivity contribution in [2.45, 2.75) is 6.18 Å². The molecular weight excluding hydrogens is 189 g/mol. The summed E-state index contributed by atoms with van der Waals surface area (Å²) < 4.78 is 36.6. The van der Waals surface area contributed by atoms with Crippen molar-refractivity contribution in [2.75, 3.05) is 5.73 Å². The topological polar surface area (TPSA) is 73.8 Å². The van der Waals surface area contributed by atoms with Crippen LogP contribution in [0, 0.1) is 0 Å². The van der Waals surface area contributed by atoms with Crippen molar-refractivity contribution in [3.05, 3.63) is 16.0 Å². The molecule has 0 unspecified atom stereocenters. The summed E-state index contributed by atoms with van der Waals surface area (Å²) in [6.45, 7) is 0. The van der Waals surface area contributed by atoms with Gasteiger partial charge in [0.1, 0.15) is 0 Å². The van der Waals surface area contributed by atoms with E-state index in [-0.39, 0.29) is 5.95 Å². The summed E-state index contributed by atoms with van der Waals surface area (Å²) in [4.78, 5) is 10.9. The lowest BCUT2D eigenvalue weighted by molar-refractivity contribution is -0.143. The summed E-state index contributed by atoms with van der Waals surface area (Å²) in [5.74, 6) is -0.363. The van der Waals surface area contributed by atoms with Crippen molar-refractivity contribution in [1.29, 1.82) is 0 Å². The third kappa shape index (κ3) is 1.60. The Hall–Kier alpha value is -1.60. The highest BCUT2D eigenvalue weighted by atomic mass is 19.4. The fraction of sp³-hybridized carbons (Fsp3) is 0.400. The van der Waals surface area contributed by atoms with Crippen molar-refractivity contribution in [3.8, 4) is 0 Å². The van der Waals surface area contributed by atoms with E-state index in [1.165, 1.54) is 0 Å². The van der Waals surface area contributed by atoms with Gasteiger partial charge in [0.25, 0.3) is 5.56 Å². The van der Waals surface area contributed by atoms with E-state index in [1.807, 2.05) is 0 Å². The highest BCUT2D eigenvalue weighted by Gasteiger charge is 2.37. The Balaban J connectivity index is 3.44. The quantitative estimate of drug-likeness (QED) is 0.619. The summed E-state index contributed by atoms with van der Waals surface area (Å²) in [6, 6.07) is 0. The van der Waals surface area contributed by atoms with E-state index in [0.717, 1.165) is 7.05 Å². The van der Waals surface area contributed by atoms with Gasteiger partial charge in [-0.2, -0.15) is 13.2 Å². The number of hydrogen-bond donors (Lipinski definition) is 1. The van der Waals surface area contributed by atoms with E-state index in [4.69, 9.17) is 5.73 Å². The van der Waals surface area contributed by atoms with Crippen LogP contribution in [0.15, 0.2) is 4.79 Å². The molecule has 0 bridgehead atoms. The minimum absolute atomic E-state index is 0.363. The molecule has 0 saturated carbocycles. The number of rotatable bonds is 0. The summed E-state index contributed by atoms with van der Waals surface area (Å²) in [5, 5.41) is 5.65. The number of nitrogens with zero attached hydrogens (tertiary/aromatic N) is 3. The van der Waals surface area contributed by atoms with Crippen LogP contribution in [0.4, 0.5) is 19.1 Å². The highest BCUT2D eigenvalue weighted by Crippen LogP contribution is 2.24. The van der Waals surface area contributed by atoms with Gasteiger partial charge in [0.2, 0.25) is 11.6 Å². The Bertz CT molecular complexity index is 382. The van der Waals surface area contributed by atoms with Gasteiger partial charge in [-0.15, -0.1) is 10.2 Å². The van der Waals surface area contributed by atoms with Gasteiger partial charge in [-0.25, -0.2) is 0 Å². The highest BCUT2D eigenvalue weighted by molar-refractivity contribution is 5.16. The molecule has 0 atom stereocenters. The number of anilines is 1. The normalized spacial score (nSPS) is 11.7. The van der Waals surface area contributed by atoms with Gasteiger partial charge in [0.05, 0.1) is 0 Å². The van der Waals surface area contributed by atoms with Gasteiger partial charge in [0.15, 0.2) is 0 Å². The number of halogens is 3. The number of nitrogen functional groups attached to an aromatic ring is 1. The van der Waals surface area contributed by atoms with Gasteiger partial charge in [-0.1, -0.05) is 0 Å². The Kier molecular flexibility index (Phi) is 1.98. The Morgan fingerprint density at radius 1 is 1.38 bits per heavy atom. The molecule has 2 N–H and O–H groups in total. The van der Waals surface area contributed by atoms with Crippen LogP contribution in [-0.2, 0) is 13.2 Å². The second kappa shape index (κ2) is 2.71. The molecule has 1 rings (SSSR count). The average molecular weight is 194 g/mol. The molecule has 0 spiro atoms.